The van der Waals surface area contributed by atoms with Crippen LogP contribution in [0.4, 0.5) is 0 Å². The van der Waals surface area contributed by atoms with Crippen LogP contribution in [0.3, 0.4) is 0 Å². The second kappa shape index (κ2) is 6.57. The number of nitrogens with one attached hydrogen (secondary N) is 1. The zero-order valence-electron chi connectivity index (χ0n) is 12.2. The monoisotopic (exact) mass is 333 g/mol. The molecule has 0 saturated carbocycles. The van der Waals surface area contributed by atoms with Crippen molar-refractivity contribution in [3.8, 4) is 0 Å². The van der Waals surface area contributed by atoms with Gasteiger partial charge in [0.25, 0.3) is 5.91 Å². The minimum absolute atomic E-state index is 0.0142. The second-order valence-electron chi connectivity index (χ2n) is 4.89. The Morgan fingerprint density at radius 3 is 2.29 bits per heavy atom. The second-order valence-corrected chi connectivity index (χ2v) is 7.82. The summed E-state index contributed by atoms with van der Waals surface area (Å²) in [5.41, 5.74) is -0.993. The van der Waals surface area contributed by atoms with E-state index in [4.69, 9.17) is 0 Å². The SMILES string of the molecule is CCC(CC)(CNC(=O)c1cc(S(C)(=O)=O)cs1)C(=O)O. The summed E-state index contributed by atoms with van der Waals surface area (Å²) in [5.74, 6) is -1.40. The third-order valence-electron chi connectivity index (χ3n) is 3.62. The molecule has 118 valence electrons. The molecule has 21 heavy (non-hydrogen) atoms. The van der Waals surface area contributed by atoms with Crippen molar-refractivity contribution in [1.82, 2.24) is 5.32 Å². The highest BCUT2D eigenvalue weighted by Crippen LogP contribution is 2.26. The van der Waals surface area contributed by atoms with E-state index in [9.17, 15) is 23.1 Å². The number of aliphatic carboxylic acids is 1. The van der Waals surface area contributed by atoms with Gasteiger partial charge in [-0.25, -0.2) is 8.42 Å². The summed E-state index contributed by atoms with van der Waals surface area (Å²) in [6.45, 7) is 3.54. The van der Waals surface area contributed by atoms with E-state index in [0.29, 0.717) is 12.8 Å². The van der Waals surface area contributed by atoms with Crippen molar-refractivity contribution in [3.05, 3.63) is 16.3 Å². The normalized spacial score (nSPS) is 12.1. The summed E-state index contributed by atoms with van der Waals surface area (Å²) in [4.78, 5) is 23.7. The highest BCUT2D eigenvalue weighted by atomic mass is 32.2. The Kier molecular flexibility index (Phi) is 5.52. The van der Waals surface area contributed by atoms with Crippen LogP contribution < -0.4 is 5.32 Å². The smallest absolute Gasteiger partial charge is 0.311 e. The third-order valence-corrected chi connectivity index (χ3v) is 5.79. The van der Waals surface area contributed by atoms with Gasteiger partial charge in [-0.2, -0.15) is 0 Å². The zero-order valence-corrected chi connectivity index (χ0v) is 13.8. The average Bonchev–Trinajstić information content (AvgIpc) is 2.89. The number of carbonyl (C=O) groups excluding carboxylic acids is 1. The fraction of sp³-hybridized carbons (Fsp3) is 0.538. The molecule has 1 rings (SSSR count). The van der Waals surface area contributed by atoms with E-state index in [1.807, 2.05) is 0 Å². The molecule has 0 aliphatic heterocycles. The van der Waals surface area contributed by atoms with Gasteiger partial charge >= 0.3 is 5.97 Å². The van der Waals surface area contributed by atoms with E-state index in [-0.39, 0.29) is 16.3 Å². The van der Waals surface area contributed by atoms with E-state index in [0.717, 1.165) is 17.6 Å². The number of amides is 1. The van der Waals surface area contributed by atoms with Gasteiger partial charge in [0.05, 0.1) is 15.2 Å². The number of rotatable bonds is 7. The molecular weight excluding hydrogens is 314 g/mol. The number of carboxylic acid groups (broad SMARTS) is 1. The lowest BCUT2D eigenvalue weighted by atomic mass is 9.82. The van der Waals surface area contributed by atoms with Gasteiger partial charge in [0.2, 0.25) is 0 Å². The summed E-state index contributed by atoms with van der Waals surface area (Å²) >= 11 is 1.02. The molecule has 0 aliphatic rings. The van der Waals surface area contributed by atoms with Crippen molar-refractivity contribution in [2.75, 3.05) is 12.8 Å². The van der Waals surface area contributed by atoms with Crippen LogP contribution in [0.1, 0.15) is 36.4 Å². The topological polar surface area (TPSA) is 101 Å². The van der Waals surface area contributed by atoms with E-state index < -0.39 is 27.1 Å². The number of hydrogen-bond acceptors (Lipinski definition) is 5. The van der Waals surface area contributed by atoms with Crippen LogP contribution in [-0.4, -0.2) is 38.2 Å². The number of carbonyl (C=O) groups is 2. The fourth-order valence-electron chi connectivity index (χ4n) is 1.85. The largest absolute Gasteiger partial charge is 0.481 e. The Hall–Kier alpha value is -1.41. The van der Waals surface area contributed by atoms with Crippen molar-refractivity contribution >= 4 is 33.1 Å². The Balaban J connectivity index is 2.83. The lowest BCUT2D eigenvalue weighted by molar-refractivity contribution is -0.149. The Labute approximate surface area is 128 Å². The maximum atomic E-state index is 12.0. The molecule has 0 spiro atoms. The van der Waals surface area contributed by atoms with Crippen LogP contribution in [0.2, 0.25) is 0 Å². The van der Waals surface area contributed by atoms with Crippen LogP contribution in [0.5, 0.6) is 0 Å². The molecular formula is C13H19NO5S2. The van der Waals surface area contributed by atoms with Gasteiger partial charge in [-0.1, -0.05) is 13.8 Å². The predicted molar refractivity (Wildman–Crippen MR) is 80.4 cm³/mol. The Bertz CT molecular complexity index is 629. The molecule has 2 N–H and O–H groups in total. The first-order valence-corrected chi connectivity index (χ1v) is 9.23. The standard InChI is InChI=1S/C13H19NO5S2/c1-4-13(5-2,12(16)17)8-14-11(15)10-6-9(7-20-10)21(3,18)19/h6-7H,4-5,8H2,1-3H3,(H,14,15)(H,16,17). The number of carboxylic acids is 1. The first-order chi connectivity index (χ1) is 9.66. The third kappa shape index (κ3) is 4.04. The minimum atomic E-state index is -3.35. The van der Waals surface area contributed by atoms with Gasteiger partial charge in [0, 0.05) is 18.2 Å². The number of sulfone groups is 1. The van der Waals surface area contributed by atoms with Crippen molar-refractivity contribution in [1.29, 1.82) is 0 Å². The minimum Gasteiger partial charge on any atom is -0.481 e. The zero-order chi connectivity index (χ0) is 16.3. The van der Waals surface area contributed by atoms with Crippen molar-refractivity contribution in [2.45, 2.75) is 31.6 Å². The molecule has 6 nitrogen and oxygen atoms in total. The molecule has 0 fully saturated rings. The molecule has 0 saturated heterocycles. The predicted octanol–water partition coefficient (Wildman–Crippen LogP) is 1.77. The first kappa shape index (κ1) is 17.6. The van der Waals surface area contributed by atoms with Crippen LogP contribution in [-0.2, 0) is 14.6 Å². The van der Waals surface area contributed by atoms with Crippen LogP contribution >= 0.6 is 11.3 Å². The molecule has 1 aromatic rings. The maximum absolute atomic E-state index is 12.0. The molecule has 0 radical (unpaired) electrons. The fourth-order valence-corrected chi connectivity index (χ4v) is 3.78. The molecule has 0 bridgehead atoms. The van der Waals surface area contributed by atoms with E-state index >= 15 is 0 Å². The molecule has 0 aliphatic carbocycles. The van der Waals surface area contributed by atoms with Crippen LogP contribution in [0, 0.1) is 5.41 Å². The van der Waals surface area contributed by atoms with Gasteiger partial charge in [-0.3, -0.25) is 9.59 Å². The summed E-state index contributed by atoms with van der Waals surface area (Å²) in [7, 11) is -3.35. The Morgan fingerprint density at radius 2 is 1.90 bits per heavy atom. The van der Waals surface area contributed by atoms with E-state index in [2.05, 4.69) is 5.32 Å². The lowest BCUT2D eigenvalue weighted by Crippen LogP contribution is -2.42. The summed E-state index contributed by atoms with van der Waals surface area (Å²) in [5, 5.41) is 13.3. The molecule has 1 aromatic heterocycles. The van der Waals surface area contributed by atoms with Crippen molar-refractivity contribution in [3.63, 3.8) is 0 Å². The van der Waals surface area contributed by atoms with Gasteiger partial charge in [-0.15, -0.1) is 11.3 Å². The van der Waals surface area contributed by atoms with Crippen LogP contribution in [0.15, 0.2) is 16.3 Å². The molecule has 0 atom stereocenters. The van der Waals surface area contributed by atoms with Crippen LogP contribution in [0.25, 0.3) is 0 Å². The van der Waals surface area contributed by atoms with Gasteiger partial charge in [-0.05, 0) is 18.9 Å². The molecule has 1 amide bonds. The highest BCUT2D eigenvalue weighted by molar-refractivity contribution is 7.90. The Morgan fingerprint density at radius 1 is 1.33 bits per heavy atom. The lowest BCUT2D eigenvalue weighted by Gasteiger charge is -2.26. The van der Waals surface area contributed by atoms with Gasteiger partial charge < -0.3 is 10.4 Å². The number of thiophene rings is 1. The highest BCUT2D eigenvalue weighted by Gasteiger charge is 2.35. The van der Waals surface area contributed by atoms with E-state index in [1.54, 1.807) is 13.8 Å². The van der Waals surface area contributed by atoms with Crippen molar-refractivity contribution in [2.24, 2.45) is 5.41 Å². The summed E-state index contributed by atoms with van der Waals surface area (Å²) in [6, 6.07) is 1.30. The number of hydrogen-bond donors (Lipinski definition) is 2. The molecule has 1 heterocycles. The van der Waals surface area contributed by atoms with E-state index in [1.165, 1.54) is 11.4 Å². The quantitative estimate of drug-likeness (QED) is 0.792. The molecule has 8 heteroatoms. The average molecular weight is 333 g/mol. The molecule has 0 unspecified atom stereocenters. The summed E-state index contributed by atoms with van der Waals surface area (Å²) < 4.78 is 22.7. The maximum Gasteiger partial charge on any atom is 0.311 e. The first-order valence-electron chi connectivity index (χ1n) is 6.46. The van der Waals surface area contributed by atoms with Crippen molar-refractivity contribution < 1.29 is 23.1 Å². The van der Waals surface area contributed by atoms with Gasteiger partial charge in [0.1, 0.15) is 0 Å². The van der Waals surface area contributed by atoms with Gasteiger partial charge in [0.15, 0.2) is 9.84 Å². The molecule has 0 aromatic carbocycles. The summed E-state index contributed by atoms with van der Waals surface area (Å²) in [6.07, 6.45) is 1.87.